The summed E-state index contributed by atoms with van der Waals surface area (Å²) in [4.78, 5) is 0. The number of aromatic amines is 1. The zero-order chi connectivity index (χ0) is 15.3. The summed E-state index contributed by atoms with van der Waals surface area (Å²) in [6.07, 6.45) is 4.00. The molecule has 10 heteroatoms. The van der Waals surface area contributed by atoms with Crippen LogP contribution >= 0.6 is 0 Å². The molecule has 0 fully saturated rings. The Morgan fingerprint density at radius 3 is 2.86 bits per heavy atom. The fourth-order valence-corrected chi connectivity index (χ4v) is 2.86. The van der Waals surface area contributed by atoms with Crippen LogP contribution in [-0.2, 0) is 30.2 Å². The lowest BCUT2D eigenvalue weighted by Gasteiger charge is -2.07. The number of H-pyrrole nitrogens is 1. The Morgan fingerprint density at radius 2 is 2.19 bits per heavy atom. The Bertz CT molecular complexity index is 676. The van der Waals surface area contributed by atoms with Crippen LogP contribution in [0.25, 0.3) is 0 Å². The third-order valence-corrected chi connectivity index (χ3v) is 4.33. The van der Waals surface area contributed by atoms with Crippen LogP contribution in [0.1, 0.15) is 24.7 Å². The minimum absolute atomic E-state index is 0.0691. The zero-order valence-electron chi connectivity index (χ0n) is 12.0. The first-order valence-electron chi connectivity index (χ1n) is 6.60. The number of rotatable bonds is 8. The first-order valence-corrected chi connectivity index (χ1v) is 8.08. The minimum atomic E-state index is -3.67. The van der Waals surface area contributed by atoms with Crippen LogP contribution in [0.15, 0.2) is 17.6 Å². The van der Waals surface area contributed by atoms with Crippen molar-refractivity contribution < 1.29 is 8.42 Å². The molecule has 2 aromatic heterocycles. The number of aromatic nitrogens is 5. The Hall–Kier alpha value is -1.78. The highest BCUT2D eigenvalue weighted by molar-refractivity contribution is 7.89. The molecule has 0 aliphatic heterocycles. The molecular weight excluding hydrogens is 294 g/mol. The number of nitrogens with one attached hydrogen (secondary N) is 3. The highest BCUT2D eigenvalue weighted by Gasteiger charge is 2.21. The van der Waals surface area contributed by atoms with Crippen molar-refractivity contribution in [1.82, 2.24) is 35.0 Å². The van der Waals surface area contributed by atoms with Gasteiger partial charge in [0.15, 0.2) is 5.03 Å². The standard InChI is InChI=1S/C11H19N7O2S/c1-3-4-12-5-9-6-13-17-11(9)21(19,20)15-7-10-16-14-8-18(10)2/h6,8,12,15H,3-5,7H2,1-2H3,(H,13,17). The lowest BCUT2D eigenvalue weighted by molar-refractivity contribution is 0.570. The van der Waals surface area contributed by atoms with E-state index in [2.05, 4.69) is 30.4 Å². The van der Waals surface area contributed by atoms with Gasteiger partial charge in [-0.05, 0) is 13.0 Å². The van der Waals surface area contributed by atoms with E-state index in [4.69, 9.17) is 0 Å². The maximum Gasteiger partial charge on any atom is 0.258 e. The zero-order valence-corrected chi connectivity index (χ0v) is 12.8. The molecule has 0 aromatic carbocycles. The molecule has 0 bridgehead atoms. The Labute approximate surface area is 123 Å². The van der Waals surface area contributed by atoms with E-state index in [1.165, 1.54) is 12.5 Å². The number of hydrogen-bond acceptors (Lipinski definition) is 6. The van der Waals surface area contributed by atoms with Gasteiger partial charge < -0.3 is 9.88 Å². The lowest BCUT2D eigenvalue weighted by Crippen LogP contribution is -2.26. The summed E-state index contributed by atoms with van der Waals surface area (Å²) in [6.45, 7) is 3.38. The summed E-state index contributed by atoms with van der Waals surface area (Å²) in [6, 6.07) is 0. The van der Waals surface area contributed by atoms with Crippen LogP contribution in [0.5, 0.6) is 0 Å². The van der Waals surface area contributed by atoms with Crippen molar-refractivity contribution in [3.63, 3.8) is 0 Å². The molecule has 2 rings (SSSR count). The van der Waals surface area contributed by atoms with Gasteiger partial charge in [-0.2, -0.15) is 5.10 Å². The molecule has 9 nitrogen and oxygen atoms in total. The van der Waals surface area contributed by atoms with Crippen molar-refractivity contribution in [2.75, 3.05) is 6.54 Å². The Balaban J connectivity index is 2.05. The average Bonchev–Trinajstić information content (AvgIpc) is 3.06. The Morgan fingerprint density at radius 1 is 1.38 bits per heavy atom. The molecule has 0 amide bonds. The smallest absolute Gasteiger partial charge is 0.258 e. The number of nitrogens with zero attached hydrogens (tertiary/aromatic N) is 4. The normalized spacial score (nSPS) is 11.9. The quantitative estimate of drug-likeness (QED) is 0.566. The molecule has 21 heavy (non-hydrogen) atoms. The van der Waals surface area contributed by atoms with Gasteiger partial charge in [-0.25, -0.2) is 13.1 Å². The third kappa shape index (κ3) is 3.86. The van der Waals surface area contributed by atoms with Crippen LogP contribution in [0.4, 0.5) is 0 Å². The third-order valence-electron chi connectivity index (χ3n) is 2.91. The van der Waals surface area contributed by atoms with Gasteiger partial charge >= 0.3 is 0 Å². The second-order valence-corrected chi connectivity index (χ2v) is 6.29. The summed E-state index contributed by atoms with van der Waals surface area (Å²) >= 11 is 0. The van der Waals surface area contributed by atoms with Crippen molar-refractivity contribution in [2.24, 2.45) is 7.05 Å². The topological polar surface area (TPSA) is 118 Å². The van der Waals surface area contributed by atoms with Gasteiger partial charge in [-0.3, -0.25) is 5.10 Å². The van der Waals surface area contributed by atoms with Gasteiger partial charge in [0, 0.05) is 19.2 Å². The van der Waals surface area contributed by atoms with E-state index in [0.717, 1.165) is 13.0 Å². The van der Waals surface area contributed by atoms with E-state index in [9.17, 15) is 8.42 Å². The largest absolute Gasteiger partial charge is 0.320 e. The van der Waals surface area contributed by atoms with E-state index in [1.54, 1.807) is 11.6 Å². The predicted octanol–water partition coefficient (Wildman–Crippen LogP) is -0.484. The van der Waals surface area contributed by atoms with Crippen LogP contribution in [0.3, 0.4) is 0 Å². The molecule has 2 aromatic rings. The fourth-order valence-electron chi connectivity index (χ4n) is 1.76. The van der Waals surface area contributed by atoms with Gasteiger partial charge in [0.05, 0.1) is 12.7 Å². The van der Waals surface area contributed by atoms with Crippen LogP contribution < -0.4 is 10.0 Å². The van der Waals surface area contributed by atoms with E-state index in [1.807, 2.05) is 6.92 Å². The number of hydrogen-bond donors (Lipinski definition) is 3. The highest BCUT2D eigenvalue weighted by atomic mass is 32.2. The maximum absolute atomic E-state index is 12.3. The molecule has 0 aliphatic rings. The van der Waals surface area contributed by atoms with Crippen LogP contribution in [-0.4, -0.2) is 39.9 Å². The van der Waals surface area contributed by atoms with Crippen molar-refractivity contribution >= 4 is 10.0 Å². The number of aryl methyl sites for hydroxylation is 1. The van der Waals surface area contributed by atoms with Crippen LogP contribution in [0, 0.1) is 0 Å². The molecule has 0 aliphatic carbocycles. The van der Waals surface area contributed by atoms with E-state index in [-0.39, 0.29) is 11.6 Å². The summed E-state index contributed by atoms with van der Waals surface area (Å²) in [7, 11) is -1.92. The van der Waals surface area contributed by atoms with Crippen molar-refractivity contribution in [3.8, 4) is 0 Å². The molecule has 0 atom stereocenters. The van der Waals surface area contributed by atoms with Gasteiger partial charge in [0.25, 0.3) is 10.0 Å². The fraction of sp³-hybridized carbons (Fsp3) is 0.545. The van der Waals surface area contributed by atoms with E-state index < -0.39 is 10.0 Å². The van der Waals surface area contributed by atoms with Gasteiger partial charge in [-0.15, -0.1) is 10.2 Å². The summed E-state index contributed by atoms with van der Waals surface area (Å²) in [5.74, 6) is 0.531. The Kier molecular flexibility index (Phi) is 5.04. The predicted molar refractivity (Wildman–Crippen MR) is 75.6 cm³/mol. The molecule has 3 N–H and O–H groups in total. The molecule has 0 unspecified atom stereocenters. The SMILES string of the molecule is CCCNCc1cn[nH]c1S(=O)(=O)NCc1nncn1C. The first-order chi connectivity index (χ1) is 10.0. The van der Waals surface area contributed by atoms with Crippen LogP contribution in [0.2, 0.25) is 0 Å². The maximum atomic E-state index is 12.3. The number of sulfonamides is 1. The molecule has 0 saturated heterocycles. The summed E-state index contributed by atoms with van der Waals surface area (Å²) in [5.41, 5.74) is 0.605. The minimum Gasteiger partial charge on any atom is -0.320 e. The molecule has 0 spiro atoms. The lowest BCUT2D eigenvalue weighted by atomic mass is 10.3. The van der Waals surface area contributed by atoms with Gasteiger partial charge in [0.2, 0.25) is 0 Å². The summed E-state index contributed by atoms with van der Waals surface area (Å²) in [5, 5.41) is 17.1. The van der Waals surface area contributed by atoms with E-state index >= 15 is 0 Å². The average molecular weight is 313 g/mol. The van der Waals surface area contributed by atoms with Crippen molar-refractivity contribution in [3.05, 3.63) is 23.9 Å². The molecular formula is C11H19N7O2S. The monoisotopic (exact) mass is 313 g/mol. The molecule has 116 valence electrons. The second-order valence-electron chi connectivity index (χ2n) is 4.58. The van der Waals surface area contributed by atoms with Gasteiger partial charge in [-0.1, -0.05) is 6.92 Å². The first kappa shape index (κ1) is 15.6. The van der Waals surface area contributed by atoms with Crippen molar-refractivity contribution in [1.29, 1.82) is 0 Å². The van der Waals surface area contributed by atoms with Gasteiger partial charge in [0.1, 0.15) is 12.2 Å². The van der Waals surface area contributed by atoms with E-state index in [0.29, 0.717) is 17.9 Å². The molecule has 2 heterocycles. The second kappa shape index (κ2) is 6.78. The molecule has 0 saturated carbocycles. The van der Waals surface area contributed by atoms with Crippen molar-refractivity contribution in [2.45, 2.75) is 31.5 Å². The highest BCUT2D eigenvalue weighted by Crippen LogP contribution is 2.11. The summed E-state index contributed by atoms with van der Waals surface area (Å²) < 4.78 is 28.7. The molecule has 0 radical (unpaired) electrons.